The van der Waals surface area contributed by atoms with E-state index >= 15 is 0 Å². The predicted octanol–water partition coefficient (Wildman–Crippen LogP) is 1.08. The first-order valence-electron chi connectivity index (χ1n) is 4.24. The van der Waals surface area contributed by atoms with Crippen LogP contribution in [0.4, 0.5) is 5.69 Å². The van der Waals surface area contributed by atoms with Gasteiger partial charge in [0.1, 0.15) is 0 Å². The van der Waals surface area contributed by atoms with E-state index in [1.54, 1.807) is 19.4 Å². The van der Waals surface area contributed by atoms with Gasteiger partial charge in [-0.25, -0.2) is 4.98 Å². The van der Waals surface area contributed by atoms with E-state index in [-0.39, 0.29) is 6.04 Å². The molecule has 0 aliphatic carbocycles. The summed E-state index contributed by atoms with van der Waals surface area (Å²) in [6.45, 7) is 2.00. The first kappa shape index (κ1) is 9.80. The van der Waals surface area contributed by atoms with Gasteiger partial charge in [0.2, 0.25) is 5.88 Å². The molecule has 1 aromatic rings. The van der Waals surface area contributed by atoms with Crippen LogP contribution in [0.15, 0.2) is 12.3 Å². The summed E-state index contributed by atoms with van der Waals surface area (Å²) in [5.41, 5.74) is 13.1. The quantitative estimate of drug-likeness (QED) is 0.731. The van der Waals surface area contributed by atoms with Crippen LogP contribution in [0.1, 0.15) is 24.9 Å². The molecule has 0 aromatic carbocycles. The van der Waals surface area contributed by atoms with Crippen LogP contribution in [0.5, 0.6) is 5.88 Å². The van der Waals surface area contributed by atoms with Crippen LogP contribution in [0.25, 0.3) is 0 Å². The van der Waals surface area contributed by atoms with E-state index in [2.05, 4.69) is 4.98 Å². The molecular formula is C9H15N3O. The molecule has 1 heterocycles. The zero-order valence-corrected chi connectivity index (χ0v) is 7.95. The Labute approximate surface area is 77.9 Å². The molecule has 0 saturated carbocycles. The maximum Gasteiger partial charge on any atom is 0.219 e. The topological polar surface area (TPSA) is 74.2 Å². The maximum atomic E-state index is 5.87. The normalized spacial score (nSPS) is 12.5. The molecule has 4 nitrogen and oxygen atoms in total. The third-order valence-corrected chi connectivity index (χ3v) is 1.99. The van der Waals surface area contributed by atoms with Gasteiger partial charge in [0.25, 0.3) is 0 Å². The number of nitrogens with two attached hydrogens (primary N) is 2. The van der Waals surface area contributed by atoms with Gasteiger partial charge in [-0.15, -0.1) is 0 Å². The molecule has 0 fully saturated rings. The number of aromatic nitrogens is 1. The molecular weight excluding hydrogens is 166 g/mol. The fraction of sp³-hybridized carbons (Fsp3) is 0.444. The summed E-state index contributed by atoms with van der Waals surface area (Å²) >= 11 is 0. The minimum absolute atomic E-state index is 0.108. The van der Waals surface area contributed by atoms with Crippen molar-refractivity contribution in [2.24, 2.45) is 5.73 Å². The van der Waals surface area contributed by atoms with E-state index in [4.69, 9.17) is 16.2 Å². The van der Waals surface area contributed by atoms with Gasteiger partial charge in [-0.1, -0.05) is 6.92 Å². The summed E-state index contributed by atoms with van der Waals surface area (Å²) in [6.07, 6.45) is 2.42. The first-order valence-corrected chi connectivity index (χ1v) is 4.24. The molecule has 1 aromatic heterocycles. The van der Waals surface area contributed by atoms with E-state index in [1.165, 1.54) is 0 Å². The Morgan fingerprint density at radius 1 is 1.62 bits per heavy atom. The molecule has 0 saturated heterocycles. The Morgan fingerprint density at radius 2 is 2.31 bits per heavy atom. The van der Waals surface area contributed by atoms with Gasteiger partial charge in [-0.3, -0.25) is 0 Å². The molecule has 1 atom stereocenters. The summed E-state index contributed by atoms with van der Waals surface area (Å²) in [4.78, 5) is 4.04. The lowest BCUT2D eigenvalue weighted by Gasteiger charge is -2.14. The molecule has 4 N–H and O–H groups in total. The van der Waals surface area contributed by atoms with Crippen LogP contribution in [0.3, 0.4) is 0 Å². The van der Waals surface area contributed by atoms with Crippen molar-refractivity contribution in [3.05, 3.63) is 17.8 Å². The van der Waals surface area contributed by atoms with Crippen LogP contribution in [0.2, 0.25) is 0 Å². The van der Waals surface area contributed by atoms with Gasteiger partial charge in [0.15, 0.2) is 0 Å². The number of hydrogen-bond donors (Lipinski definition) is 2. The zero-order valence-electron chi connectivity index (χ0n) is 7.95. The highest BCUT2D eigenvalue weighted by Crippen LogP contribution is 2.28. The molecule has 1 unspecified atom stereocenters. The van der Waals surface area contributed by atoms with Crippen LogP contribution in [-0.4, -0.2) is 12.1 Å². The Bertz CT molecular complexity index is 288. The van der Waals surface area contributed by atoms with Crippen LogP contribution >= 0.6 is 0 Å². The van der Waals surface area contributed by atoms with Crippen LogP contribution in [0, 0.1) is 0 Å². The SMILES string of the molecule is CCC(N)c1c(N)ccnc1OC. The fourth-order valence-corrected chi connectivity index (χ4v) is 1.21. The highest BCUT2D eigenvalue weighted by molar-refractivity contribution is 5.52. The van der Waals surface area contributed by atoms with Gasteiger partial charge in [0.05, 0.1) is 12.7 Å². The number of rotatable bonds is 3. The van der Waals surface area contributed by atoms with Crippen molar-refractivity contribution in [3.8, 4) is 5.88 Å². The van der Waals surface area contributed by atoms with Gasteiger partial charge in [-0.2, -0.15) is 0 Å². The average molecular weight is 181 g/mol. The van der Waals surface area contributed by atoms with Crippen molar-refractivity contribution in [2.45, 2.75) is 19.4 Å². The molecule has 0 spiro atoms. The number of methoxy groups -OCH3 is 1. The summed E-state index contributed by atoms with van der Waals surface area (Å²) in [5, 5.41) is 0. The third kappa shape index (κ3) is 1.89. The summed E-state index contributed by atoms with van der Waals surface area (Å²) in [7, 11) is 1.56. The smallest absolute Gasteiger partial charge is 0.219 e. The average Bonchev–Trinajstić information content (AvgIpc) is 2.16. The molecule has 0 radical (unpaired) electrons. The summed E-state index contributed by atoms with van der Waals surface area (Å²) in [5.74, 6) is 0.523. The number of anilines is 1. The van der Waals surface area contributed by atoms with Gasteiger partial charge < -0.3 is 16.2 Å². The molecule has 0 aliphatic heterocycles. The van der Waals surface area contributed by atoms with E-state index in [0.29, 0.717) is 11.6 Å². The molecule has 0 aliphatic rings. The third-order valence-electron chi connectivity index (χ3n) is 1.99. The molecule has 0 amide bonds. The van der Waals surface area contributed by atoms with Crippen LogP contribution in [-0.2, 0) is 0 Å². The molecule has 0 bridgehead atoms. The fourth-order valence-electron chi connectivity index (χ4n) is 1.21. The second-order valence-corrected chi connectivity index (χ2v) is 2.84. The van der Waals surface area contributed by atoms with Gasteiger partial charge >= 0.3 is 0 Å². The highest BCUT2D eigenvalue weighted by Gasteiger charge is 2.14. The number of pyridine rings is 1. The number of ether oxygens (including phenoxy) is 1. The van der Waals surface area contributed by atoms with Crippen molar-refractivity contribution in [3.63, 3.8) is 0 Å². The van der Waals surface area contributed by atoms with Crippen molar-refractivity contribution in [1.82, 2.24) is 4.98 Å². The predicted molar refractivity (Wildman–Crippen MR) is 52.4 cm³/mol. The lowest BCUT2D eigenvalue weighted by molar-refractivity contribution is 0.388. The second-order valence-electron chi connectivity index (χ2n) is 2.84. The van der Waals surface area contributed by atoms with Gasteiger partial charge in [-0.05, 0) is 12.5 Å². The highest BCUT2D eigenvalue weighted by atomic mass is 16.5. The van der Waals surface area contributed by atoms with Crippen molar-refractivity contribution >= 4 is 5.69 Å². The minimum Gasteiger partial charge on any atom is -0.481 e. The monoisotopic (exact) mass is 181 g/mol. The van der Waals surface area contributed by atoms with Crippen LogP contribution < -0.4 is 16.2 Å². The zero-order chi connectivity index (χ0) is 9.84. The van der Waals surface area contributed by atoms with E-state index < -0.39 is 0 Å². The molecule has 1 rings (SSSR count). The van der Waals surface area contributed by atoms with E-state index in [1.807, 2.05) is 6.92 Å². The van der Waals surface area contributed by atoms with Gasteiger partial charge in [0, 0.05) is 17.9 Å². The lowest BCUT2D eigenvalue weighted by atomic mass is 10.1. The number of hydrogen-bond acceptors (Lipinski definition) is 4. The van der Waals surface area contributed by atoms with Crippen molar-refractivity contribution in [2.75, 3.05) is 12.8 Å². The Balaban J connectivity index is 3.14. The molecule has 4 heteroatoms. The Morgan fingerprint density at radius 3 is 2.85 bits per heavy atom. The summed E-state index contributed by atoms with van der Waals surface area (Å²) < 4.78 is 5.08. The first-order chi connectivity index (χ1) is 6.20. The second kappa shape index (κ2) is 4.09. The largest absolute Gasteiger partial charge is 0.481 e. The Kier molecular flexibility index (Phi) is 3.08. The number of nitrogen functional groups attached to an aromatic ring is 1. The van der Waals surface area contributed by atoms with E-state index in [0.717, 1.165) is 12.0 Å². The van der Waals surface area contributed by atoms with E-state index in [9.17, 15) is 0 Å². The minimum atomic E-state index is -0.108. The summed E-state index contributed by atoms with van der Waals surface area (Å²) in [6, 6.07) is 1.62. The maximum absolute atomic E-state index is 5.87. The molecule has 72 valence electrons. The molecule has 13 heavy (non-hydrogen) atoms. The van der Waals surface area contributed by atoms with Crippen molar-refractivity contribution in [1.29, 1.82) is 0 Å². The van der Waals surface area contributed by atoms with Crippen molar-refractivity contribution < 1.29 is 4.74 Å². The Hall–Kier alpha value is -1.29. The lowest BCUT2D eigenvalue weighted by Crippen LogP contribution is -2.13. The number of nitrogens with zero attached hydrogens (tertiary/aromatic N) is 1. The standard InChI is InChI=1S/C9H15N3O/c1-3-6(10)8-7(11)4-5-12-9(8)13-2/h4-6H,3,10H2,1-2H3,(H2,11,12).